The van der Waals surface area contributed by atoms with Gasteiger partial charge in [0.1, 0.15) is 6.04 Å². The van der Waals surface area contributed by atoms with Gasteiger partial charge in [0.25, 0.3) is 5.91 Å². The topological polar surface area (TPSA) is 88.3 Å². The van der Waals surface area contributed by atoms with E-state index in [2.05, 4.69) is 10.3 Å². The number of hydrogen-bond donors (Lipinski definition) is 1. The van der Waals surface area contributed by atoms with E-state index in [1.165, 1.54) is 4.90 Å². The molecular weight excluding hydrogens is 284 g/mol. The molecule has 7 nitrogen and oxygen atoms in total. The fourth-order valence-corrected chi connectivity index (χ4v) is 2.74. The zero-order chi connectivity index (χ0) is 15.7. The van der Waals surface area contributed by atoms with Crippen molar-refractivity contribution < 1.29 is 14.7 Å². The second-order valence-electron chi connectivity index (χ2n) is 5.27. The third-order valence-electron chi connectivity index (χ3n) is 3.90. The Bertz CT molecular complexity index is 711. The number of benzene rings is 1. The number of aliphatic carboxylic acids is 1. The van der Waals surface area contributed by atoms with Gasteiger partial charge in [0.05, 0.1) is 11.4 Å². The highest BCUT2D eigenvalue weighted by molar-refractivity contribution is 5.96. The van der Waals surface area contributed by atoms with Gasteiger partial charge in [-0.25, -0.2) is 9.48 Å². The standard InChI is InChI=1S/C15H16N4O3/c1-10-13(14(20)18-9-5-8-12(18)15(21)22)16-17-19(10)11-6-3-2-4-7-11/h2-4,6-7,12H,5,8-9H2,1H3,(H,21,22). The molecule has 0 bridgehead atoms. The predicted molar refractivity (Wildman–Crippen MR) is 77.8 cm³/mol. The van der Waals surface area contributed by atoms with Crippen LogP contribution in [-0.4, -0.2) is 49.5 Å². The van der Waals surface area contributed by atoms with Crippen LogP contribution in [-0.2, 0) is 4.79 Å². The van der Waals surface area contributed by atoms with E-state index in [0.717, 1.165) is 5.69 Å². The molecule has 1 amide bonds. The number of nitrogens with zero attached hydrogens (tertiary/aromatic N) is 4. The molecule has 1 atom stereocenters. The SMILES string of the molecule is Cc1c(C(=O)N2CCCC2C(=O)O)nnn1-c1ccccc1. The Labute approximate surface area is 127 Å². The summed E-state index contributed by atoms with van der Waals surface area (Å²) in [6.07, 6.45) is 1.17. The summed E-state index contributed by atoms with van der Waals surface area (Å²) < 4.78 is 1.58. The van der Waals surface area contributed by atoms with Crippen molar-refractivity contribution in [3.8, 4) is 5.69 Å². The van der Waals surface area contributed by atoms with Gasteiger partial charge in [-0.2, -0.15) is 0 Å². The highest BCUT2D eigenvalue weighted by Gasteiger charge is 2.36. The fourth-order valence-electron chi connectivity index (χ4n) is 2.74. The lowest BCUT2D eigenvalue weighted by Gasteiger charge is -2.20. The van der Waals surface area contributed by atoms with Crippen LogP contribution in [0.4, 0.5) is 0 Å². The summed E-state index contributed by atoms with van der Waals surface area (Å²) in [4.78, 5) is 25.2. The lowest BCUT2D eigenvalue weighted by molar-refractivity contribution is -0.141. The van der Waals surface area contributed by atoms with Crippen LogP contribution in [0.3, 0.4) is 0 Å². The number of carboxylic acids is 1. The van der Waals surface area contributed by atoms with Crippen LogP contribution in [0.25, 0.3) is 5.69 Å². The van der Waals surface area contributed by atoms with Crippen molar-refractivity contribution in [1.29, 1.82) is 0 Å². The first-order valence-electron chi connectivity index (χ1n) is 7.11. The van der Waals surface area contributed by atoms with Crippen LogP contribution in [0.15, 0.2) is 30.3 Å². The van der Waals surface area contributed by atoms with Gasteiger partial charge in [0.15, 0.2) is 5.69 Å². The second kappa shape index (κ2) is 5.59. The van der Waals surface area contributed by atoms with E-state index >= 15 is 0 Å². The van der Waals surface area contributed by atoms with Crippen LogP contribution < -0.4 is 0 Å². The number of rotatable bonds is 3. The summed E-state index contributed by atoms with van der Waals surface area (Å²) in [5, 5.41) is 17.2. The first-order chi connectivity index (χ1) is 10.6. The highest BCUT2D eigenvalue weighted by atomic mass is 16.4. The van der Waals surface area contributed by atoms with Crippen molar-refractivity contribution in [2.24, 2.45) is 0 Å². The predicted octanol–water partition coefficient (Wildman–Crippen LogP) is 1.26. The van der Waals surface area contributed by atoms with E-state index < -0.39 is 12.0 Å². The number of likely N-dealkylation sites (tertiary alicyclic amines) is 1. The van der Waals surface area contributed by atoms with Gasteiger partial charge in [-0.3, -0.25) is 4.79 Å². The molecule has 2 heterocycles. The number of carboxylic acid groups (broad SMARTS) is 1. The van der Waals surface area contributed by atoms with Crippen LogP contribution >= 0.6 is 0 Å². The third kappa shape index (κ3) is 2.34. The van der Waals surface area contributed by atoms with Gasteiger partial charge in [-0.15, -0.1) is 5.10 Å². The summed E-state index contributed by atoms with van der Waals surface area (Å²) in [6.45, 7) is 2.19. The third-order valence-corrected chi connectivity index (χ3v) is 3.90. The Morgan fingerprint density at radius 3 is 2.68 bits per heavy atom. The molecular formula is C15H16N4O3. The molecule has 1 aliphatic rings. The Morgan fingerprint density at radius 2 is 2.00 bits per heavy atom. The molecule has 2 aromatic rings. The summed E-state index contributed by atoms with van der Waals surface area (Å²) in [5.74, 6) is -1.34. The number of hydrogen-bond acceptors (Lipinski definition) is 4. The van der Waals surface area contributed by atoms with Gasteiger partial charge >= 0.3 is 5.97 Å². The minimum atomic E-state index is -0.973. The maximum atomic E-state index is 12.6. The van der Waals surface area contributed by atoms with E-state index in [1.807, 2.05) is 30.3 Å². The molecule has 1 fully saturated rings. The van der Waals surface area contributed by atoms with Crippen LogP contribution in [0.5, 0.6) is 0 Å². The number of carbonyl (C=O) groups excluding carboxylic acids is 1. The summed E-state index contributed by atoms with van der Waals surface area (Å²) in [5.41, 5.74) is 1.62. The average Bonchev–Trinajstić information content (AvgIpc) is 3.14. The molecule has 7 heteroatoms. The van der Waals surface area contributed by atoms with Crippen molar-refractivity contribution in [2.75, 3.05) is 6.54 Å². The van der Waals surface area contributed by atoms with Gasteiger partial charge in [0, 0.05) is 6.54 Å². The molecule has 0 saturated carbocycles. The molecule has 0 aliphatic carbocycles. The molecule has 114 valence electrons. The lowest BCUT2D eigenvalue weighted by atomic mass is 10.2. The van der Waals surface area contributed by atoms with Gasteiger partial charge in [0.2, 0.25) is 0 Å². The lowest BCUT2D eigenvalue weighted by Crippen LogP contribution is -2.40. The largest absolute Gasteiger partial charge is 0.480 e. The van der Waals surface area contributed by atoms with Crippen molar-refractivity contribution in [3.05, 3.63) is 41.7 Å². The maximum absolute atomic E-state index is 12.6. The normalized spacial score (nSPS) is 17.7. The first-order valence-corrected chi connectivity index (χ1v) is 7.11. The molecule has 1 aromatic carbocycles. The average molecular weight is 300 g/mol. The monoisotopic (exact) mass is 300 g/mol. The van der Waals surface area contributed by atoms with Crippen molar-refractivity contribution >= 4 is 11.9 Å². The molecule has 22 heavy (non-hydrogen) atoms. The summed E-state index contributed by atoms with van der Waals surface area (Å²) >= 11 is 0. The summed E-state index contributed by atoms with van der Waals surface area (Å²) in [6, 6.07) is 8.60. The number of aromatic nitrogens is 3. The van der Waals surface area contributed by atoms with Crippen LogP contribution in [0, 0.1) is 6.92 Å². The fraction of sp³-hybridized carbons (Fsp3) is 0.333. The first kappa shape index (κ1) is 14.2. The Balaban J connectivity index is 1.91. The van der Waals surface area contributed by atoms with Gasteiger partial charge in [-0.1, -0.05) is 23.4 Å². The molecule has 3 rings (SSSR count). The quantitative estimate of drug-likeness (QED) is 0.922. The molecule has 1 aromatic heterocycles. The smallest absolute Gasteiger partial charge is 0.326 e. The number of carbonyl (C=O) groups is 2. The molecule has 0 spiro atoms. The van der Waals surface area contributed by atoms with Crippen molar-refractivity contribution in [3.63, 3.8) is 0 Å². The van der Waals surface area contributed by atoms with E-state index in [0.29, 0.717) is 25.1 Å². The molecule has 1 N–H and O–H groups in total. The van der Waals surface area contributed by atoms with Crippen molar-refractivity contribution in [2.45, 2.75) is 25.8 Å². The molecule has 0 radical (unpaired) electrons. The zero-order valence-corrected chi connectivity index (χ0v) is 12.1. The van der Waals surface area contributed by atoms with Crippen molar-refractivity contribution in [1.82, 2.24) is 19.9 Å². The minimum Gasteiger partial charge on any atom is -0.480 e. The Kier molecular flexibility index (Phi) is 3.62. The van der Waals surface area contributed by atoms with Gasteiger partial charge in [-0.05, 0) is 31.9 Å². The highest BCUT2D eigenvalue weighted by Crippen LogP contribution is 2.21. The molecule has 1 saturated heterocycles. The maximum Gasteiger partial charge on any atom is 0.326 e. The van der Waals surface area contributed by atoms with E-state index in [4.69, 9.17) is 0 Å². The molecule has 1 unspecified atom stereocenters. The Hall–Kier alpha value is -2.70. The van der Waals surface area contributed by atoms with Gasteiger partial charge < -0.3 is 10.0 Å². The van der Waals surface area contributed by atoms with E-state index in [-0.39, 0.29) is 11.6 Å². The second-order valence-corrected chi connectivity index (χ2v) is 5.27. The van der Waals surface area contributed by atoms with E-state index in [1.54, 1.807) is 11.6 Å². The van der Waals surface area contributed by atoms with Crippen LogP contribution in [0.2, 0.25) is 0 Å². The molecule has 1 aliphatic heterocycles. The van der Waals surface area contributed by atoms with E-state index in [9.17, 15) is 14.7 Å². The minimum absolute atomic E-state index is 0.206. The van der Waals surface area contributed by atoms with Crippen LogP contribution in [0.1, 0.15) is 29.0 Å². The number of amides is 1. The number of para-hydroxylation sites is 1. The Morgan fingerprint density at radius 1 is 1.27 bits per heavy atom. The summed E-state index contributed by atoms with van der Waals surface area (Å²) in [7, 11) is 0. The zero-order valence-electron chi connectivity index (χ0n) is 12.1.